The molecule has 2 aromatic rings. The van der Waals surface area contributed by atoms with Crippen molar-refractivity contribution in [3.63, 3.8) is 0 Å². The lowest BCUT2D eigenvalue weighted by atomic mass is 10.1. The highest BCUT2D eigenvalue weighted by Gasteiger charge is 2.03. The van der Waals surface area contributed by atoms with Gasteiger partial charge in [-0.1, -0.05) is 41.6 Å². The van der Waals surface area contributed by atoms with Gasteiger partial charge in [0.1, 0.15) is 11.6 Å². The van der Waals surface area contributed by atoms with Crippen LogP contribution in [0.3, 0.4) is 0 Å². The van der Waals surface area contributed by atoms with E-state index in [1.54, 1.807) is 11.8 Å². The summed E-state index contributed by atoms with van der Waals surface area (Å²) in [6.07, 6.45) is 1.98. The summed E-state index contributed by atoms with van der Waals surface area (Å²) in [7, 11) is 0. The van der Waals surface area contributed by atoms with E-state index in [-0.39, 0.29) is 0 Å². The van der Waals surface area contributed by atoms with Gasteiger partial charge in [0.2, 0.25) is 0 Å². The molecule has 4 nitrogen and oxygen atoms in total. The molecule has 1 heterocycles. The minimum Gasteiger partial charge on any atom is -0.370 e. The Morgan fingerprint density at radius 1 is 1.05 bits per heavy atom. The van der Waals surface area contributed by atoms with Gasteiger partial charge in [-0.15, -0.1) is 0 Å². The number of benzene rings is 1. The number of thioether (sulfide) groups is 1. The summed E-state index contributed by atoms with van der Waals surface area (Å²) in [6, 6.07) is 10.4. The molecule has 0 unspecified atom stereocenters. The van der Waals surface area contributed by atoms with E-state index in [9.17, 15) is 0 Å². The largest absolute Gasteiger partial charge is 0.370 e. The van der Waals surface area contributed by atoms with Crippen LogP contribution in [-0.4, -0.2) is 22.8 Å². The molecule has 0 aliphatic carbocycles. The summed E-state index contributed by atoms with van der Waals surface area (Å²) in [4.78, 5) is 8.88. The van der Waals surface area contributed by atoms with Crippen LogP contribution in [-0.2, 0) is 6.54 Å². The first kappa shape index (κ1) is 14.7. The third kappa shape index (κ3) is 4.13. The quantitative estimate of drug-likeness (QED) is 0.629. The van der Waals surface area contributed by atoms with Gasteiger partial charge in [-0.3, -0.25) is 0 Å². The summed E-state index contributed by atoms with van der Waals surface area (Å²) >= 11 is 1.54. The molecule has 2 rings (SSSR count). The van der Waals surface area contributed by atoms with Crippen molar-refractivity contribution in [2.24, 2.45) is 0 Å². The number of aryl methyl sites for hydroxylation is 1. The third-order valence-electron chi connectivity index (χ3n) is 2.84. The van der Waals surface area contributed by atoms with E-state index in [0.29, 0.717) is 0 Å². The number of nitrogens with one attached hydrogen (secondary N) is 2. The van der Waals surface area contributed by atoms with Crippen LogP contribution < -0.4 is 10.6 Å². The second-order valence-electron chi connectivity index (χ2n) is 4.49. The smallest absolute Gasteiger partial charge is 0.191 e. The Hall–Kier alpha value is -1.75. The highest BCUT2D eigenvalue weighted by Crippen LogP contribution is 2.17. The number of hydrogen-bond acceptors (Lipinski definition) is 5. The monoisotopic (exact) mass is 288 g/mol. The van der Waals surface area contributed by atoms with Crippen LogP contribution in [0.1, 0.15) is 18.1 Å². The molecule has 2 N–H and O–H groups in total. The predicted molar refractivity (Wildman–Crippen MR) is 86.5 cm³/mol. The molecule has 0 aliphatic heterocycles. The molecular weight excluding hydrogens is 268 g/mol. The van der Waals surface area contributed by atoms with Crippen molar-refractivity contribution in [3.05, 3.63) is 41.5 Å². The minimum absolute atomic E-state index is 0.761. The maximum atomic E-state index is 4.47. The molecule has 0 atom stereocenters. The van der Waals surface area contributed by atoms with Crippen LogP contribution in [0.15, 0.2) is 35.5 Å². The minimum atomic E-state index is 0.761. The Kier molecular flexibility index (Phi) is 5.24. The van der Waals surface area contributed by atoms with Gasteiger partial charge in [0.25, 0.3) is 0 Å². The zero-order valence-corrected chi connectivity index (χ0v) is 12.9. The van der Waals surface area contributed by atoms with Crippen LogP contribution in [0.5, 0.6) is 0 Å². The van der Waals surface area contributed by atoms with E-state index < -0.39 is 0 Å². The Balaban J connectivity index is 2.07. The van der Waals surface area contributed by atoms with Gasteiger partial charge >= 0.3 is 0 Å². The molecule has 1 aromatic carbocycles. The number of aromatic nitrogens is 2. The lowest BCUT2D eigenvalue weighted by Gasteiger charge is -2.10. The van der Waals surface area contributed by atoms with E-state index in [4.69, 9.17) is 0 Å². The lowest BCUT2D eigenvalue weighted by molar-refractivity contribution is 0.950. The van der Waals surface area contributed by atoms with E-state index in [1.165, 1.54) is 11.1 Å². The molecule has 0 aliphatic rings. The Morgan fingerprint density at radius 2 is 1.70 bits per heavy atom. The van der Waals surface area contributed by atoms with Gasteiger partial charge in [-0.2, -0.15) is 0 Å². The maximum absolute atomic E-state index is 4.47. The van der Waals surface area contributed by atoms with Gasteiger partial charge in [0, 0.05) is 19.2 Å². The molecule has 5 heteroatoms. The summed E-state index contributed by atoms with van der Waals surface area (Å²) in [5, 5.41) is 7.35. The molecule has 0 saturated heterocycles. The van der Waals surface area contributed by atoms with Crippen LogP contribution in [0, 0.1) is 6.92 Å². The fourth-order valence-electron chi connectivity index (χ4n) is 1.78. The molecule has 0 saturated carbocycles. The fourth-order valence-corrected chi connectivity index (χ4v) is 2.16. The van der Waals surface area contributed by atoms with Crippen LogP contribution in [0.2, 0.25) is 0 Å². The number of nitrogens with zero attached hydrogens (tertiary/aromatic N) is 2. The summed E-state index contributed by atoms with van der Waals surface area (Å²) in [5.74, 6) is 1.71. The first-order valence-corrected chi connectivity index (χ1v) is 7.90. The highest BCUT2D eigenvalue weighted by atomic mass is 32.2. The Morgan fingerprint density at radius 3 is 2.30 bits per heavy atom. The fraction of sp³-hybridized carbons (Fsp3) is 0.333. The van der Waals surface area contributed by atoms with Crippen LogP contribution in [0.25, 0.3) is 0 Å². The van der Waals surface area contributed by atoms with Gasteiger partial charge in [-0.05, 0) is 25.7 Å². The molecule has 0 spiro atoms. The molecule has 1 aromatic heterocycles. The normalized spacial score (nSPS) is 10.3. The average Bonchev–Trinajstić information content (AvgIpc) is 2.47. The van der Waals surface area contributed by atoms with Gasteiger partial charge in [-0.25, -0.2) is 9.97 Å². The predicted octanol–water partition coefficient (Wildman–Crippen LogP) is 3.55. The number of rotatable bonds is 6. The molecule has 0 bridgehead atoms. The van der Waals surface area contributed by atoms with Crippen LogP contribution in [0.4, 0.5) is 11.6 Å². The Labute approximate surface area is 124 Å². The third-order valence-corrected chi connectivity index (χ3v) is 3.39. The van der Waals surface area contributed by atoms with Gasteiger partial charge in [0.15, 0.2) is 5.16 Å². The molecule has 20 heavy (non-hydrogen) atoms. The van der Waals surface area contributed by atoms with Crippen LogP contribution >= 0.6 is 11.8 Å². The summed E-state index contributed by atoms with van der Waals surface area (Å²) in [6.45, 7) is 5.76. The molecule has 0 fully saturated rings. The Bertz CT molecular complexity index is 554. The van der Waals surface area contributed by atoms with Crippen molar-refractivity contribution < 1.29 is 0 Å². The second kappa shape index (κ2) is 7.14. The van der Waals surface area contributed by atoms with E-state index in [2.05, 4.69) is 58.7 Å². The van der Waals surface area contributed by atoms with Gasteiger partial charge in [0.05, 0.1) is 0 Å². The highest BCUT2D eigenvalue weighted by molar-refractivity contribution is 7.98. The molecule has 0 radical (unpaired) electrons. The molecule has 0 amide bonds. The standard InChI is InChI=1S/C15H20N4S/c1-4-16-13-9-14(19-15(18-13)20-3)17-10-12-7-5-11(2)6-8-12/h5-9H,4,10H2,1-3H3,(H2,16,17,18,19). The number of hydrogen-bond donors (Lipinski definition) is 2. The summed E-state index contributed by atoms with van der Waals surface area (Å²) in [5.41, 5.74) is 2.51. The van der Waals surface area contributed by atoms with Gasteiger partial charge < -0.3 is 10.6 Å². The maximum Gasteiger partial charge on any atom is 0.191 e. The van der Waals surface area contributed by atoms with Crippen molar-refractivity contribution in [2.45, 2.75) is 25.5 Å². The zero-order valence-electron chi connectivity index (χ0n) is 12.1. The van der Waals surface area contributed by atoms with Crippen molar-refractivity contribution >= 4 is 23.4 Å². The SMILES string of the molecule is CCNc1cc(NCc2ccc(C)cc2)nc(SC)n1. The zero-order chi connectivity index (χ0) is 14.4. The van der Waals surface area contributed by atoms with E-state index >= 15 is 0 Å². The first-order chi connectivity index (χ1) is 9.71. The second-order valence-corrected chi connectivity index (χ2v) is 5.27. The molecule has 106 valence electrons. The van der Waals surface area contributed by atoms with Crippen molar-refractivity contribution in [1.82, 2.24) is 9.97 Å². The van der Waals surface area contributed by atoms with Crippen molar-refractivity contribution in [1.29, 1.82) is 0 Å². The van der Waals surface area contributed by atoms with E-state index in [0.717, 1.165) is 29.9 Å². The first-order valence-electron chi connectivity index (χ1n) is 6.67. The van der Waals surface area contributed by atoms with Crippen molar-refractivity contribution in [2.75, 3.05) is 23.4 Å². The molecular formula is C15H20N4S. The number of anilines is 2. The van der Waals surface area contributed by atoms with E-state index in [1.807, 2.05) is 12.3 Å². The lowest BCUT2D eigenvalue weighted by Crippen LogP contribution is -2.06. The average molecular weight is 288 g/mol. The topological polar surface area (TPSA) is 49.8 Å². The van der Waals surface area contributed by atoms with Crippen molar-refractivity contribution in [3.8, 4) is 0 Å². The summed E-state index contributed by atoms with van der Waals surface area (Å²) < 4.78 is 0.